The van der Waals surface area contributed by atoms with Crippen molar-refractivity contribution in [1.29, 1.82) is 0 Å². The van der Waals surface area contributed by atoms with Crippen LogP contribution in [0, 0.1) is 23.6 Å². The Morgan fingerprint density at radius 3 is 2.65 bits per heavy atom. The number of aliphatic hydroxyl groups excluding tert-OH is 3. The lowest BCUT2D eigenvalue weighted by Crippen LogP contribution is -2.15. The molecule has 3 N–H and O–H groups in total. The van der Waals surface area contributed by atoms with Crippen molar-refractivity contribution in [3.63, 3.8) is 0 Å². The summed E-state index contributed by atoms with van der Waals surface area (Å²) in [6.45, 7) is 0. The van der Waals surface area contributed by atoms with E-state index < -0.39 is 24.1 Å². The number of hydrogen-bond donors (Lipinski definition) is 3. The Morgan fingerprint density at radius 2 is 2.00 bits per heavy atom. The molecule has 0 saturated heterocycles. The van der Waals surface area contributed by atoms with Crippen LogP contribution in [0.15, 0.2) is 24.3 Å². The fraction of sp³-hybridized carbons (Fsp3) is 0.500. The summed E-state index contributed by atoms with van der Waals surface area (Å²) in [6.07, 6.45) is 0.185. The standard InChI is InChI=1S/C16H19FO3/c17-15-4-2-1-3-11(15)5-7-13(18)8-6-12-9-14(19)10-16(12)20/h1-4,12-14,16,18-20H,6,8-10H2. The summed E-state index contributed by atoms with van der Waals surface area (Å²) in [5, 5.41) is 28.9. The van der Waals surface area contributed by atoms with Gasteiger partial charge in [-0.25, -0.2) is 4.39 Å². The molecule has 1 fully saturated rings. The highest BCUT2D eigenvalue weighted by Gasteiger charge is 2.31. The van der Waals surface area contributed by atoms with Crippen LogP contribution < -0.4 is 0 Å². The first-order valence-corrected chi connectivity index (χ1v) is 6.86. The van der Waals surface area contributed by atoms with Crippen LogP contribution in [-0.2, 0) is 0 Å². The molecule has 1 aliphatic rings. The second-order valence-corrected chi connectivity index (χ2v) is 5.29. The van der Waals surface area contributed by atoms with Crippen molar-refractivity contribution < 1.29 is 19.7 Å². The topological polar surface area (TPSA) is 60.7 Å². The van der Waals surface area contributed by atoms with E-state index in [9.17, 15) is 19.7 Å². The minimum Gasteiger partial charge on any atom is -0.393 e. The molecule has 0 heterocycles. The molecule has 0 aromatic heterocycles. The summed E-state index contributed by atoms with van der Waals surface area (Å²) >= 11 is 0. The first-order valence-electron chi connectivity index (χ1n) is 6.86. The Bertz CT molecular complexity index is 506. The monoisotopic (exact) mass is 278 g/mol. The van der Waals surface area contributed by atoms with Crippen molar-refractivity contribution in [3.05, 3.63) is 35.6 Å². The normalized spacial score (nSPS) is 26.9. The highest BCUT2D eigenvalue weighted by Crippen LogP contribution is 2.30. The van der Waals surface area contributed by atoms with E-state index >= 15 is 0 Å². The molecule has 0 radical (unpaired) electrons. The number of aliphatic hydroxyl groups is 3. The number of rotatable bonds is 3. The summed E-state index contributed by atoms with van der Waals surface area (Å²) in [4.78, 5) is 0. The van der Waals surface area contributed by atoms with Gasteiger partial charge in [-0.2, -0.15) is 0 Å². The maximum atomic E-state index is 13.3. The molecule has 0 spiro atoms. The van der Waals surface area contributed by atoms with E-state index in [1.165, 1.54) is 6.07 Å². The summed E-state index contributed by atoms with van der Waals surface area (Å²) in [6, 6.07) is 6.16. The van der Waals surface area contributed by atoms with Crippen molar-refractivity contribution in [2.75, 3.05) is 0 Å². The smallest absolute Gasteiger partial charge is 0.138 e. The van der Waals surface area contributed by atoms with Gasteiger partial charge in [-0.1, -0.05) is 24.0 Å². The molecular formula is C16H19FO3. The van der Waals surface area contributed by atoms with Crippen molar-refractivity contribution in [2.45, 2.75) is 44.0 Å². The average molecular weight is 278 g/mol. The lowest BCUT2D eigenvalue weighted by Gasteiger charge is -2.14. The summed E-state index contributed by atoms with van der Waals surface area (Å²) < 4.78 is 13.3. The van der Waals surface area contributed by atoms with Gasteiger partial charge in [0.15, 0.2) is 0 Å². The zero-order valence-electron chi connectivity index (χ0n) is 11.2. The van der Waals surface area contributed by atoms with Crippen molar-refractivity contribution in [3.8, 4) is 11.8 Å². The van der Waals surface area contributed by atoms with Gasteiger partial charge in [0.1, 0.15) is 11.9 Å². The average Bonchev–Trinajstić information content (AvgIpc) is 2.74. The summed E-state index contributed by atoms with van der Waals surface area (Å²) in [7, 11) is 0. The molecule has 0 amide bonds. The molecule has 4 atom stereocenters. The minimum atomic E-state index is -0.848. The van der Waals surface area contributed by atoms with Gasteiger partial charge in [0.2, 0.25) is 0 Å². The third-order valence-corrected chi connectivity index (χ3v) is 3.69. The lowest BCUT2D eigenvalue weighted by molar-refractivity contribution is 0.110. The second kappa shape index (κ2) is 6.85. The molecule has 3 nitrogen and oxygen atoms in total. The molecular weight excluding hydrogens is 259 g/mol. The van der Waals surface area contributed by atoms with Gasteiger partial charge >= 0.3 is 0 Å². The quantitative estimate of drug-likeness (QED) is 0.733. The van der Waals surface area contributed by atoms with Crippen LogP contribution >= 0.6 is 0 Å². The lowest BCUT2D eigenvalue weighted by atomic mass is 9.97. The number of hydrogen-bond acceptors (Lipinski definition) is 3. The molecule has 1 aromatic rings. The fourth-order valence-electron chi connectivity index (χ4n) is 2.55. The summed E-state index contributed by atoms with van der Waals surface area (Å²) in [5.74, 6) is 4.84. The fourth-order valence-corrected chi connectivity index (χ4v) is 2.55. The Balaban J connectivity index is 1.85. The van der Waals surface area contributed by atoms with E-state index in [0.29, 0.717) is 25.7 Å². The van der Waals surface area contributed by atoms with Crippen LogP contribution in [0.3, 0.4) is 0 Å². The molecule has 4 unspecified atom stereocenters. The van der Waals surface area contributed by atoms with Gasteiger partial charge in [0.25, 0.3) is 0 Å². The Hall–Kier alpha value is -1.41. The SMILES string of the molecule is OC(C#Cc1ccccc1F)CCC1CC(O)CC1O. The predicted molar refractivity (Wildman–Crippen MR) is 73.3 cm³/mol. The Labute approximate surface area is 118 Å². The van der Waals surface area contributed by atoms with Crippen LogP contribution in [0.4, 0.5) is 4.39 Å². The Morgan fingerprint density at radius 1 is 1.25 bits per heavy atom. The largest absolute Gasteiger partial charge is 0.393 e. The zero-order valence-corrected chi connectivity index (χ0v) is 11.2. The van der Waals surface area contributed by atoms with Crippen LogP contribution in [0.1, 0.15) is 31.2 Å². The highest BCUT2D eigenvalue weighted by atomic mass is 19.1. The maximum absolute atomic E-state index is 13.3. The molecule has 1 aliphatic carbocycles. The molecule has 1 aromatic carbocycles. The van der Waals surface area contributed by atoms with Crippen LogP contribution in [0.25, 0.3) is 0 Å². The van der Waals surface area contributed by atoms with Gasteiger partial charge in [-0.15, -0.1) is 0 Å². The summed E-state index contributed by atoms with van der Waals surface area (Å²) in [5.41, 5.74) is 0.267. The zero-order chi connectivity index (χ0) is 14.5. The molecule has 20 heavy (non-hydrogen) atoms. The first kappa shape index (κ1) is 15.0. The maximum Gasteiger partial charge on any atom is 0.138 e. The van der Waals surface area contributed by atoms with E-state index in [2.05, 4.69) is 11.8 Å². The molecule has 108 valence electrons. The Kier molecular flexibility index (Phi) is 5.13. The van der Waals surface area contributed by atoms with E-state index in [-0.39, 0.29) is 11.5 Å². The van der Waals surface area contributed by atoms with Gasteiger partial charge < -0.3 is 15.3 Å². The second-order valence-electron chi connectivity index (χ2n) is 5.29. The van der Waals surface area contributed by atoms with Crippen molar-refractivity contribution in [2.24, 2.45) is 5.92 Å². The van der Waals surface area contributed by atoms with Gasteiger partial charge in [0, 0.05) is 0 Å². The highest BCUT2D eigenvalue weighted by molar-refractivity contribution is 5.35. The first-order chi connectivity index (χ1) is 9.56. The molecule has 1 saturated carbocycles. The van der Waals surface area contributed by atoms with Crippen LogP contribution in [-0.4, -0.2) is 33.6 Å². The molecule has 0 aliphatic heterocycles. The van der Waals surface area contributed by atoms with E-state index in [1.807, 2.05) is 0 Å². The van der Waals surface area contributed by atoms with Crippen LogP contribution in [0.5, 0.6) is 0 Å². The van der Waals surface area contributed by atoms with Crippen LogP contribution in [0.2, 0.25) is 0 Å². The van der Waals surface area contributed by atoms with E-state index in [0.717, 1.165) is 0 Å². The number of halogens is 1. The van der Waals surface area contributed by atoms with E-state index in [1.54, 1.807) is 18.2 Å². The van der Waals surface area contributed by atoms with Gasteiger partial charge in [0.05, 0.1) is 17.8 Å². The van der Waals surface area contributed by atoms with Gasteiger partial charge in [-0.05, 0) is 43.7 Å². The molecule has 0 bridgehead atoms. The third kappa shape index (κ3) is 4.04. The third-order valence-electron chi connectivity index (χ3n) is 3.69. The van der Waals surface area contributed by atoms with E-state index in [4.69, 9.17) is 0 Å². The van der Waals surface area contributed by atoms with Crippen molar-refractivity contribution in [1.82, 2.24) is 0 Å². The van der Waals surface area contributed by atoms with Gasteiger partial charge in [-0.3, -0.25) is 0 Å². The molecule has 2 rings (SSSR count). The van der Waals surface area contributed by atoms with Crippen molar-refractivity contribution >= 4 is 0 Å². The minimum absolute atomic E-state index is 0.00918. The molecule has 4 heteroatoms. The number of benzene rings is 1. The predicted octanol–water partition coefficient (Wildman–Crippen LogP) is 1.45.